The van der Waals surface area contributed by atoms with Crippen LogP contribution in [0.15, 0.2) is 24.6 Å². The third kappa shape index (κ3) is 5.87. The van der Waals surface area contributed by atoms with E-state index in [-0.39, 0.29) is 0 Å². The van der Waals surface area contributed by atoms with Gasteiger partial charge in [0.2, 0.25) is 0 Å². The second kappa shape index (κ2) is 5.87. The smallest absolute Gasteiger partial charge is 0.163 e. The summed E-state index contributed by atoms with van der Waals surface area (Å²) in [4.78, 5) is 0. The van der Waals surface area contributed by atoms with Crippen molar-refractivity contribution < 1.29 is 0 Å². The highest BCUT2D eigenvalue weighted by atomic mass is 28.3. The van der Waals surface area contributed by atoms with E-state index < -0.39 is 0 Å². The highest BCUT2D eigenvalue weighted by Crippen LogP contribution is 1.52. The fourth-order valence-corrected chi connectivity index (χ4v) is 1.29. The van der Waals surface area contributed by atoms with Gasteiger partial charge in [0.25, 0.3) is 0 Å². The molecule has 0 rings (SSSR count). The molecule has 0 aromatic carbocycles. The van der Waals surface area contributed by atoms with Gasteiger partial charge in [0.1, 0.15) is 0 Å². The van der Waals surface area contributed by atoms with Crippen molar-refractivity contribution in [3.05, 3.63) is 24.6 Å². The molecule has 0 saturated heterocycles. The van der Waals surface area contributed by atoms with Crippen LogP contribution < -0.4 is 4.65 Å². The van der Waals surface area contributed by atoms with Crippen LogP contribution in [0.4, 0.5) is 0 Å². The highest BCUT2D eigenvalue weighted by molar-refractivity contribution is 6.56. The molecule has 0 aromatic rings. The van der Waals surface area contributed by atoms with Crippen LogP contribution in [-0.4, -0.2) is 19.4 Å². The van der Waals surface area contributed by atoms with Crippen molar-refractivity contribution in [1.29, 1.82) is 0 Å². The van der Waals surface area contributed by atoms with Crippen molar-refractivity contribution in [3.8, 4) is 0 Å². The zero-order chi connectivity index (χ0) is 5.54. The van der Waals surface area contributed by atoms with Gasteiger partial charge in [-0.15, -0.1) is 13.2 Å². The molecule has 0 unspecified atom stereocenters. The van der Waals surface area contributed by atoms with Gasteiger partial charge in [-0.1, -0.05) is 11.4 Å². The van der Waals surface area contributed by atoms with Crippen molar-refractivity contribution in [1.82, 2.24) is 4.65 Å². The normalized spacial score (nSPS) is 8.00. The largest absolute Gasteiger partial charge is 0.356 e. The maximum absolute atomic E-state index is 3.55. The Morgan fingerprint density at radius 2 is 1.57 bits per heavy atom. The topological polar surface area (TPSA) is 12.0 Å². The summed E-state index contributed by atoms with van der Waals surface area (Å²) >= 11 is 0. The molecule has 0 heterocycles. The number of hydrogen-bond acceptors (Lipinski definition) is 1. The summed E-state index contributed by atoms with van der Waals surface area (Å²) in [6.07, 6.45) is 0. The third-order valence-electron chi connectivity index (χ3n) is 0.348. The van der Waals surface area contributed by atoms with Crippen LogP contribution in [-0.2, 0) is 0 Å². The van der Waals surface area contributed by atoms with Crippen LogP contribution in [0.1, 0.15) is 0 Å². The van der Waals surface area contributed by atoms with Gasteiger partial charge in [-0.05, 0) is 0 Å². The van der Waals surface area contributed by atoms with Gasteiger partial charge in [-0.3, -0.25) is 0 Å². The lowest BCUT2D eigenvalue weighted by Crippen LogP contribution is -2.19. The Hall–Kier alpha value is -0.126. The third-order valence-corrected chi connectivity index (χ3v) is 1.91. The Balaban J connectivity index is 2.68. The molecule has 0 fully saturated rings. The zero-order valence-corrected chi connectivity index (χ0v) is 6.07. The molecule has 0 atom stereocenters. The van der Waals surface area contributed by atoms with E-state index in [0.717, 1.165) is 0 Å². The predicted octanol–water partition coefficient (Wildman–Crippen LogP) is 0.101. The lowest BCUT2D eigenvalue weighted by molar-refractivity contribution is 1.61. The molecule has 0 saturated carbocycles. The molecule has 7 heavy (non-hydrogen) atoms. The van der Waals surface area contributed by atoms with Crippen molar-refractivity contribution in [2.24, 2.45) is 0 Å². The second-order valence-corrected chi connectivity index (χ2v) is 3.22. The first-order valence-corrected chi connectivity index (χ1v) is 4.05. The van der Waals surface area contributed by atoms with E-state index in [4.69, 9.17) is 0 Å². The lowest BCUT2D eigenvalue weighted by Gasteiger charge is -1.85. The van der Waals surface area contributed by atoms with E-state index in [1.807, 2.05) is 11.4 Å². The molecular weight excluding hydrogens is 118 g/mol. The Morgan fingerprint density at radius 3 is 1.86 bits per heavy atom. The Bertz CT molecular complexity index is 54.7. The first kappa shape index (κ1) is 6.87. The summed E-state index contributed by atoms with van der Waals surface area (Å²) in [7, 11) is 1.35. The van der Waals surface area contributed by atoms with Crippen molar-refractivity contribution in [3.63, 3.8) is 0 Å². The maximum atomic E-state index is 3.55. The summed E-state index contributed by atoms with van der Waals surface area (Å²) in [5.74, 6) is 0. The monoisotopic (exact) mass is 125 g/mol. The van der Waals surface area contributed by atoms with Crippen molar-refractivity contribution in [2.75, 3.05) is 0 Å². The minimum Gasteiger partial charge on any atom is -0.356 e. The van der Waals surface area contributed by atoms with E-state index in [1.54, 1.807) is 0 Å². The molecule has 0 aliphatic heterocycles. The van der Waals surface area contributed by atoms with Crippen LogP contribution in [0.5, 0.6) is 0 Å². The van der Waals surface area contributed by atoms with Crippen LogP contribution in [0.3, 0.4) is 0 Å². The van der Waals surface area contributed by atoms with Crippen LogP contribution in [0.2, 0.25) is 0 Å². The molecule has 0 spiro atoms. The summed E-state index contributed by atoms with van der Waals surface area (Å²) in [5.41, 5.74) is 3.72. The molecule has 3 heteroatoms. The fourth-order valence-electron chi connectivity index (χ4n) is 0.144. The van der Waals surface area contributed by atoms with Gasteiger partial charge < -0.3 is 4.65 Å². The molecule has 4 radical (unpaired) electrons. The quantitative estimate of drug-likeness (QED) is 0.415. The SMILES string of the molecule is C=C[Si]N[Si]C=C. The number of nitrogens with one attached hydrogen (secondary N) is 1. The summed E-state index contributed by atoms with van der Waals surface area (Å²) in [5, 5.41) is 0. The first-order chi connectivity index (χ1) is 3.41. The minimum atomic E-state index is 0.677. The van der Waals surface area contributed by atoms with E-state index >= 15 is 0 Å². The molecule has 0 bridgehead atoms. The lowest BCUT2D eigenvalue weighted by atomic mass is 11.3. The van der Waals surface area contributed by atoms with E-state index in [1.165, 1.54) is 0 Å². The molecule has 36 valence electrons. The summed E-state index contributed by atoms with van der Waals surface area (Å²) < 4.78 is 3.10. The van der Waals surface area contributed by atoms with Gasteiger partial charge in [-0.25, -0.2) is 0 Å². The van der Waals surface area contributed by atoms with Gasteiger partial charge in [-0.2, -0.15) is 0 Å². The number of rotatable bonds is 4. The van der Waals surface area contributed by atoms with Crippen LogP contribution in [0, 0.1) is 0 Å². The van der Waals surface area contributed by atoms with Crippen molar-refractivity contribution in [2.45, 2.75) is 0 Å². The van der Waals surface area contributed by atoms with Gasteiger partial charge >= 0.3 is 0 Å². The minimum absolute atomic E-state index is 0.677. The van der Waals surface area contributed by atoms with E-state index in [9.17, 15) is 0 Å². The van der Waals surface area contributed by atoms with Gasteiger partial charge in [0.05, 0.1) is 0 Å². The Labute approximate surface area is 49.3 Å². The first-order valence-electron chi connectivity index (χ1n) is 1.89. The average Bonchev–Trinajstić information content (AvgIpc) is 1.69. The predicted molar refractivity (Wildman–Crippen MR) is 35.0 cm³/mol. The molecule has 0 aromatic heterocycles. The maximum Gasteiger partial charge on any atom is 0.163 e. The molecule has 0 aliphatic carbocycles. The molecular formula is C4H7NSi2. The zero-order valence-electron chi connectivity index (χ0n) is 4.07. The second-order valence-electron chi connectivity index (χ2n) is 0.822. The van der Waals surface area contributed by atoms with Crippen LogP contribution >= 0.6 is 0 Å². The molecule has 1 N–H and O–H groups in total. The van der Waals surface area contributed by atoms with Gasteiger partial charge in [0.15, 0.2) is 19.4 Å². The van der Waals surface area contributed by atoms with Crippen molar-refractivity contribution >= 4 is 19.4 Å². The Morgan fingerprint density at radius 1 is 1.14 bits per heavy atom. The van der Waals surface area contributed by atoms with E-state index in [0.29, 0.717) is 19.4 Å². The summed E-state index contributed by atoms with van der Waals surface area (Å²) in [6.45, 7) is 7.10. The average molecular weight is 125 g/mol. The summed E-state index contributed by atoms with van der Waals surface area (Å²) in [6, 6.07) is 0. The van der Waals surface area contributed by atoms with Crippen LogP contribution in [0.25, 0.3) is 0 Å². The highest BCUT2D eigenvalue weighted by Gasteiger charge is 1.75. The standard InChI is InChI=1S/C4H7NSi2/c1-3-6-5-7-4-2/h3-5H,1-2H2. The molecule has 1 nitrogen and oxygen atoms in total. The van der Waals surface area contributed by atoms with Gasteiger partial charge in [0, 0.05) is 0 Å². The van der Waals surface area contributed by atoms with E-state index in [2.05, 4.69) is 17.8 Å². The fraction of sp³-hybridized carbons (Fsp3) is 0. The molecule has 0 amide bonds. The molecule has 0 aliphatic rings. The Kier molecular flexibility index (Phi) is 5.77. The number of hydrogen-bond donors (Lipinski definition) is 1.